The van der Waals surface area contributed by atoms with Crippen LogP contribution < -0.4 is 0 Å². The SMILES string of the molecule is c1ccc2cc3cc4ccccc4cc3cc2c1.c1ccc2cc3ccccc3cc2c1.c1ccc2ccccc2c1.c1ccccc1. The standard InChI is InChI=1S/C18H12.C14H10.C10H8.C6H6/c1-2-6-14-10-18-12-16-8-4-3-7-15(16)11-17(18)9-13(14)5-1;1-2-6-12-10-14-8-4-3-7-13(14)9-11(12)5-1;1-2-6-10-8-4-3-7-9(10)5-1;1-2-4-6-5-3-1/h1-12H;1-10H;1-8H;1-6H. The van der Waals surface area contributed by atoms with Crippen LogP contribution in [0.15, 0.2) is 218 Å². The van der Waals surface area contributed by atoms with Gasteiger partial charge in [-0.05, 0) is 101 Å². The topological polar surface area (TPSA) is 0 Å². The molecule has 10 aromatic rings. The predicted octanol–water partition coefficient (Wildman–Crippen LogP) is 13.7. The molecule has 0 aliphatic rings. The van der Waals surface area contributed by atoms with Crippen LogP contribution in [0.1, 0.15) is 0 Å². The molecule has 0 aliphatic heterocycles. The van der Waals surface area contributed by atoms with Crippen LogP contribution in [-0.2, 0) is 0 Å². The fourth-order valence-corrected chi connectivity index (χ4v) is 6.03. The van der Waals surface area contributed by atoms with E-state index in [2.05, 4.69) is 182 Å². The van der Waals surface area contributed by atoms with Crippen molar-refractivity contribution < 1.29 is 0 Å². The van der Waals surface area contributed by atoms with Crippen molar-refractivity contribution in [2.75, 3.05) is 0 Å². The van der Waals surface area contributed by atoms with Crippen molar-refractivity contribution in [3.63, 3.8) is 0 Å². The molecule has 0 amide bonds. The average molecular weight is 613 g/mol. The molecule has 48 heavy (non-hydrogen) atoms. The van der Waals surface area contributed by atoms with E-state index < -0.39 is 0 Å². The van der Waals surface area contributed by atoms with Crippen molar-refractivity contribution >= 4 is 64.6 Å². The molecular formula is C48H36. The molecule has 0 N–H and O–H groups in total. The Morgan fingerprint density at radius 2 is 0.271 bits per heavy atom. The maximum absolute atomic E-state index is 2.27. The van der Waals surface area contributed by atoms with Crippen molar-refractivity contribution in [3.8, 4) is 0 Å². The van der Waals surface area contributed by atoms with Gasteiger partial charge in [0.2, 0.25) is 0 Å². The van der Waals surface area contributed by atoms with E-state index >= 15 is 0 Å². The van der Waals surface area contributed by atoms with Gasteiger partial charge in [-0.25, -0.2) is 0 Å². The molecule has 10 aromatic carbocycles. The smallest absolute Gasteiger partial charge is 0.0171 e. The van der Waals surface area contributed by atoms with E-state index in [-0.39, 0.29) is 0 Å². The lowest BCUT2D eigenvalue weighted by Gasteiger charge is -2.04. The molecule has 0 fully saturated rings. The Bertz CT molecular complexity index is 2220. The highest BCUT2D eigenvalue weighted by Gasteiger charge is 2.00. The van der Waals surface area contributed by atoms with Crippen LogP contribution in [0.5, 0.6) is 0 Å². The van der Waals surface area contributed by atoms with E-state index in [1.807, 2.05) is 36.4 Å². The van der Waals surface area contributed by atoms with Gasteiger partial charge >= 0.3 is 0 Å². The molecule has 0 atom stereocenters. The van der Waals surface area contributed by atoms with E-state index in [1.165, 1.54) is 64.6 Å². The molecule has 0 saturated heterocycles. The van der Waals surface area contributed by atoms with E-state index in [1.54, 1.807) is 0 Å². The predicted molar refractivity (Wildman–Crippen MR) is 211 cm³/mol. The van der Waals surface area contributed by atoms with E-state index in [9.17, 15) is 0 Å². The first-order chi connectivity index (χ1) is 23.8. The highest BCUT2D eigenvalue weighted by molar-refractivity contribution is 6.04. The van der Waals surface area contributed by atoms with Crippen molar-refractivity contribution in [1.29, 1.82) is 0 Å². The van der Waals surface area contributed by atoms with Crippen LogP contribution >= 0.6 is 0 Å². The molecule has 0 saturated carbocycles. The monoisotopic (exact) mass is 612 g/mol. The number of fused-ring (bicyclic) bond motifs is 6. The van der Waals surface area contributed by atoms with Crippen LogP contribution in [0, 0.1) is 0 Å². The summed E-state index contributed by atoms with van der Waals surface area (Å²) in [5.41, 5.74) is 0. The maximum Gasteiger partial charge on any atom is -0.0171 e. The van der Waals surface area contributed by atoms with Gasteiger partial charge in [0, 0.05) is 0 Å². The molecule has 0 spiro atoms. The van der Waals surface area contributed by atoms with Gasteiger partial charge in [-0.1, -0.05) is 182 Å². The minimum atomic E-state index is 1.31. The van der Waals surface area contributed by atoms with Crippen molar-refractivity contribution in [2.24, 2.45) is 0 Å². The van der Waals surface area contributed by atoms with Crippen LogP contribution in [-0.4, -0.2) is 0 Å². The van der Waals surface area contributed by atoms with Crippen molar-refractivity contribution in [3.05, 3.63) is 218 Å². The largest absolute Gasteiger partial charge is 0.0623 e. The Labute approximate surface area is 282 Å². The second-order valence-corrected chi connectivity index (χ2v) is 11.8. The summed E-state index contributed by atoms with van der Waals surface area (Å²) in [4.78, 5) is 0. The van der Waals surface area contributed by atoms with Gasteiger partial charge in [-0.3, -0.25) is 0 Å². The molecule has 0 aliphatic carbocycles. The normalized spacial score (nSPS) is 10.5. The van der Waals surface area contributed by atoms with Crippen molar-refractivity contribution in [1.82, 2.24) is 0 Å². The molecule has 0 aromatic heterocycles. The van der Waals surface area contributed by atoms with E-state index in [4.69, 9.17) is 0 Å². The first kappa shape index (κ1) is 30.4. The fourth-order valence-electron chi connectivity index (χ4n) is 6.03. The number of hydrogen-bond acceptors (Lipinski definition) is 0. The molecule has 0 bridgehead atoms. The second-order valence-electron chi connectivity index (χ2n) is 11.8. The summed E-state index contributed by atoms with van der Waals surface area (Å²) in [7, 11) is 0. The minimum Gasteiger partial charge on any atom is -0.0623 e. The Morgan fingerprint density at radius 3 is 0.458 bits per heavy atom. The molecule has 228 valence electrons. The summed E-state index contributed by atoms with van der Waals surface area (Å²) < 4.78 is 0. The maximum atomic E-state index is 2.27. The molecule has 0 heterocycles. The first-order valence-corrected chi connectivity index (χ1v) is 16.4. The van der Waals surface area contributed by atoms with Gasteiger partial charge in [-0.15, -0.1) is 0 Å². The molecule has 0 heteroatoms. The summed E-state index contributed by atoms with van der Waals surface area (Å²) in [5, 5.41) is 15.7. The van der Waals surface area contributed by atoms with Crippen LogP contribution in [0.2, 0.25) is 0 Å². The zero-order valence-corrected chi connectivity index (χ0v) is 26.8. The van der Waals surface area contributed by atoms with Crippen LogP contribution in [0.4, 0.5) is 0 Å². The molecule has 0 radical (unpaired) electrons. The molecular weight excluding hydrogens is 577 g/mol. The van der Waals surface area contributed by atoms with E-state index in [0.717, 1.165) is 0 Å². The average Bonchev–Trinajstić information content (AvgIpc) is 3.17. The lowest BCUT2D eigenvalue weighted by Crippen LogP contribution is -1.78. The summed E-state index contributed by atoms with van der Waals surface area (Å²) in [6, 6.07) is 76.3. The molecule has 10 rings (SSSR count). The fraction of sp³-hybridized carbons (Fsp3) is 0. The van der Waals surface area contributed by atoms with Gasteiger partial charge in [0.25, 0.3) is 0 Å². The molecule has 0 unspecified atom stereocenters. The van der Waals surface area contributed by atoms with Gasteiger partial charge in [0.05, 0.1) is 0 Å². The Hall–Kier alpha value is -6.24. The summed E-state index contributed by atoms with van der Waals surface area (Å²) in [5.74, 6) is 0. The zero-order valence-electron chi connectivity index (χ0n) is 26.8. The van der Waals surface area contributed by atoms with Gasteiger partial charge in [-0.2, -0.15) is 0 Å². The number of benzene rings is 10. The third-order valence-electron chi connectivity index (χ3n) is 8.51. The highest BCUT2D eigenvalue weighted by atomic mass is 14.0. The number of rotatable bonds is 0. The van der Waals surface area contributed by atoms with Crippen molar-refractivity contribution in [2.45, 2.75) is 0 Å². The van der Waals surface area contributed by atoms with Crippen LogP contribution in [0.3, 0.4) is 0 Å². The summed E-state index contributed by atoms with van der Waals surface area (Å²) in [6.07, 6.45) is 0. The Morgan fingerprint density at radius 1 is 0.125 bits per heavy atom. The third-order valence-corrected chi connectivity index (χ3v) is 8.51. The zero-order chi connectivity index (χ0) is 32.4. The minimum absolute atomic E-state index is 1.31. The molecule has 0 nitrogen and oxygen atoms in total. The summed E-state index contributed by atoms with van der Waals surface area (Å²) in [6.45, 7) is 0. The number of hydrogen-bond donors (Lipinski definition) is 0. The van der Waals surface area contributed by atoms with Crippen LogP contribution in [0.25, 0.3) is 64.6 Å². The lowest BCUT2D eigenvalue weighted by atomic mass is 10.00. The quantitative estimate of drug-likeness (QED) is 0.149. The highest BCUT2D eigenvalue weighted by Crippen LogP contribution is 2.27. The Kier molecular flexibility index (Phi) is 9.44. The van der Waals surface area contributed by atoms with Gasteiger partial charge in [0.15, 0.2) is 0 Å². The third kappa shape index (κ3) is 7.41. The first-order valence-electron chi connectivity index (χ1n) is 16.4. The van der Waals surface area contributed by atoms with Gasteiger partial charge < -0.3 is 0 Å². The summed E-state index contributed by atoms with van der Waals surface area (Å²) >= 11 is 0. The second kappa shape index (κ2) is 14.9. The lowest BCUT2D eigenvalue weighted by molar-refractivity contribution is 1.72. The Balaban J connectivity index is 0.000000108. The van der Waals surface area contributed by atoms with Gasteiger partial charge in [0.1, 0.15) is 0 Å². The van der Waals surface area contributed by atoms with E-state index in [0.29, 0.717) is 0 Å².